The summed E-state index contributed by atoms with van der Waals surface area (Å²) in [6.45, 7) is 6.06. The van der Waals surface area contributed by atoms with Gasteiger partial charge in [0.2, 0.25) is 0 Å². The third kappa shape index (κ3) is 3.45. The van der Waals surface area contributed by atoms with Crippen molar-refractivity contribution in [3.05, 3.63) is 47.8 Å². The minimum atomic E-state index is -4.49. The van der Waals surface area contributed by atoms with Crippen molar-refractivity contribution < 1.29 is 27.4 Å². The lowest BCUT2D eigenvalue weighted by molar-refractivity contribution is -0.143. The molecule has 2 aliphatic rings. The van der Waals surface area contributed by atoms with Gasteiger partial charge in [0.15, 0.2) is 5.60 Å². The van der Waals surface area contributed by atoms with Gasteiger partial charge in [0, 0.05) is 25.9 Å². The Morgan fingerprint density at radius 2 is 1.72 bits per heavy atom. The predicted octanol–water partition coefficient (Wildman–Crippen LogP) is 5.11. The van der Waals surface area contributed by atoms with Crippen LogP contribution in [0.2, 0.25) is 0 Å². The molecule has 0 bridgehead atoms. The second-order valence-corrected chi connectivity index (χ2v) is 8.47. The number of hydrogen-bond donors (Lipinski definition) is 0. The first kappa shape index (κ1) is 19.7. The Morgan fingerprint density at radius 3 is 2.34 bits per heavy atom. The first-order valence-electron chi connectivity index (χ1n) is 9.56. The van der Waals surface area contributed by atoms with Crippen molar-refractivity contribution >= 4 is 6.09 Å². The van der Waals surface area contributed by atoms with Gasteiger partial charge in [0.25, 0.3) is 0 Å². The molecule has 1 aromatic carbocycles. The Hall–Kier alpha value is -2.64. The number of amides is 1. The molecule has 29 heavy (non-hydrogen) atoms. The number of para-hydroxylation sites is 2. The van der Waals surface area contributed by atoms with Crippen molar-refractivity contribution in [2.24, 2.45) is 0 Å². The van der Waals surface area contributed by atoms with Gasteiger partial charge < -0.3 is 18.9 Å². The normalized spacial score (nSPS) is 18.1. The molecule has 2 aliphatic heterocycles. The predicted molar refractivity (Wildman–Crippen MR) is 100 cm³/mol. The average Bonchev–Trinajstić information content (AvgIpc) is 3.08. The number of rotatable bonds is 0. The molecule has 156 valence electrons. The zero-order valence-electron chi connectivity index (χ0n) is 16.5. The number of halogens is 3. The van der Waals surface area contributed by atoms with E-state index >= 15 is 0 Å². The number of likely N-dealkylation sites (tertiary alicyclic amines) is 1. The highest BCUT2D eigenvalue weighted by Crippen LogP contribution is 2.48. The number of carbonyl (C=O) groups excluding carboxylic acids is 1. The van der Waals surface area contributed by atoms with E-state index in [0.29, 0.717) is 43.1 Å². The number of piperidine rings is 1. The largest absolute Gasteiger partial charge is 0.479 e. The van der Waals surface area contributed by atoms with Crippen LogP contribution in [-0.2, 0) is 16.5 Å². The second kappa shape index (κ2) is 6.43. The molecule has 1 spiro atoms. The third-order valence-corrected chi connectivity index (χ3v) is 5.27. The molecule has 0 N–H and O–H groups in total. The Labute approximate surface area is 167 Å². The minimum Gasteiger partial charge on any atom is -0.479 e. The molecule has 0 radical (unpaired) electrons. The van der Waals surface area contributed by atoms with E-state index in [2.05, 4.69) is 0 Å². The molecular weight excluding hydrogens is 385 g/mol. The molecule has 0 unspecified atom stereocenters. The summed E-state index contributed by atoms with van der Waals surface area (Å²) >= 11 is 0. The molecule has 2 aromatic rings. The molecule has 1 amide bonds. The van der Waals surface area contributed by atoms with Gasteiger partial charge in [-0.2, -0.15) is 13.2 Å². The Balaban J connectivity index is 1.68. The van der Waals surface area contributed by atoms with E-state index < -0.39 is 29.2 Å². The maximum Gasteiger partial charge on any atom is 0.431 e. The molecule has 1 aromatic heterocycles. The van der Waals surface area contributed by atoms with Crippen LogP contribution in [-0.4, -0.2) is 34.3 Å². The molecule has 5 nitrogen and oxygen atoms in total. The lowest BCUT2D eigenvalue weighted by atomic mass is 9.86. The number of ether oxygens (including phenoxy) is 2. The van der Waals surface area contributed by atoms with Crippen LogP contribution in [0.4, 0.5) is 18.0 Å². The van der Waals surface area contributed by atoms with E-state index in [4.69, 9.17) is 9.47 Å². The number of carbonyl (C=O) groups is 1. The van der Waals surface area contributed by atoms with Crippen molar-refractivity contribution in [2.45, 2.75) is 51.0 Å². The molecule has 0 aliphatic carbocycles. The van der Waals surface area contributed by atoms with E-state index in [1.807, 2.05) is 0 Å². The van der Waals surface area contributed by atoms with E-state index in [0.717, 1.165) is 6.07 Å². The monoisotopic (exact) mass is 408 g/mol. The maximum absolute atomic E-state index is 13.7. The average molecular weight is 408 g/mol. The third-order valence-electron chi connectivity index (χ3n) is 5.27. The van der Waals surface area contributed by atoms with Gasteiger partial charge in [-0.1, -0.05) is 12.1 Å². The Bertz CT molecular complexity index is 935. The SMILES string of the molecule is CC(C)(C)OC(=O)N1CCC2(CC1)Oc1ccccc1-n1c(C(F)(F)F)ccc12. The van der Waals surface area contributed by atoms with Crippen LogP contribution in [0, 0.1) is 0 Å². The Kier molecular flexibility index (Phi) is 4.36. The van der Waals surface area contributed by atoms with Crippen molar-refractivity contribution in [3.63, 3.8) is 0 Å². The maximum atomic E-state index is 13.7. The summed E-state index contributed by atoms with van der Waals surface area (Å²) in [6, 6.07) is 9.32. The van der Waals surface area contributed by atoms with Crippen LogP contribution in [0.3, 0.4) is 0 Å². The van der Waals surface area contributed by atoms with Crippen LogP contribution >= 0.6 is 0 Å². The van der Waals surface area contributed by atoms with E-state index in [-0.39, 0.29) is 0 Å². The lowest BCUT2D eigenvalue weighted by Gasteiger charge is -2.45. The van der Waals surface area contributed by atoms with Gasteiger partial charge in [-0.15, -0.1) is 0 Å². The van der Waals surface area contributed by atoms with Gasteiger partial charge in [0.05, 0.1) is 11.4 Å². The lowest BCUT2D eigenvalue weighted by Crippen LogP contribution is -2.51. The van der Waals surface area contributed by atoms with Crippen LogP contribution in [0.1, 0.15) is 45.0 Å². The zero-order valence-corrected chi connectivity index (χ0v) is 16.5. The molecular formula is C21H23F3N2O3. The molecule has 8 heteroatoms. The number of benzene rings is 1. The number of alkyl halides is 3. The van der Waals surface area contributed by atoms with E-state index in [1.54, 1.807) is 49.9 Å². The van der Waals surface area contributed by atoms with Gasteiger partial charge in [-0.25, -0.2) is 4.79 Å². The summed E-state index contributed by atoms with van der Waals surface area (Å²) in [4.78, 5) is 14.0. The molecule has 0 atom stereocenters. The van der Waals surface area contributed by atoms with Crippen molar-refractivity contribution in [3.8, 4) is 11.4 Å². The highest BCUT2D eigenvalue weighted by Gasteiger charge is 2.48. The highest BCUT2D eigenvalue weighted by atomic mass is 19.4. The smallest absolute Gasteiger partial charge is 0.431 e. The summed E-state index contributed by atoms with van der Waals surface area (Å²) in [5.74, 6) is 0.410. The van der Waals surface area contributed by atoms with Gasteiger partial charge in [-0.05, 0) is 45.0 Å². The first-order chi connectivity index (χ1) is 13.5. The summed E-state index contributed by atoms with van der Waals surface area (Å²) in [5, 5.41) is 0. The van der Waals surface area contributed by atoms with Crippen molar-refractivity contribution in [2.75, 3.05) is 13.1 Å². The first-order valence-corrected chi connectivity index (χ1v) is 9.56. The molecule has 3 heterocycles. The topological polar surface area (TPSA) is 43.7 Å². The molecule has 1 saturated heterocycles. The quantitative estimate of drug-likeness (QED) is 0.608. The summed E-state index contributed by atoms with van der Waals surface area (Å²) in [7, 11) is 0. The number of fused-ring (bicyclic) bond motifs is 4. The second-order valence-electron chi connectivity index (χ2n) is 8.47. The molecule has 0 saturated carbocycles. The van der Waals surface area contributed by atoms with Gasteiger partial charge in [-0.3, -0.25) is 0 Å². The van der Waals surface area contributed by atoms with Gasteiger partial charge in [0.1, 0.15) is 17.0 Å². The van der Waals surface area contributed by atoms with E-state index in [9.17, 15) is 18.0 Å². The van der Waals surface area contributed by atoms with Crippen LogP contribution in [0.15, 0.2) is 36.4 Å². The number of aromatic nitrogens is 1. The van der Waals surface area contributed by atoms with Crippen molar-refractivity contribution in [1.82, 2.24) is 9.47 Å². The zero-order chi connectivity index (χ0) is 21.0. The fourth-order valence-electron chi connectivity index (χ4n) is 4.00. The summed E-state index contributed by atoms with van der Waals surface area (Å²) in [5.41, 5.74) is -1.41. The highest BCUT2D eigenvalue weighted by molar-refractivity contribution is 5.68. The van der Waals surface area contributed by atoms with Crippen LogP contribution in [0.25, 0.3) is 5.69 Å². The van der Waals surface area contributed by atoms with Crippen LogP contribution in [0.5, 0.6) is 5.75 Å². The Morgan fingerprint density at radius 1 is 1.07 bits per heavy atom. The summed E-state index contributed by atoms with van der Waals surface area (Å²) in [6.07, 6.45) is -4.15. The minimum absolute atomic E-state index is 0.337. The molecule has 4 rings (SSSR count). The number of hydrogen-bond acceptors (Lipinski definition) is 3. The fraction of sp³-hybridized carbons (Fsp3) is 0.476. The van der Waals surface area contributed by atoms with Crippen molar-refractivity contribution in [1.29, 1.82) is 0 Å². The fourth-order valence-corrected chi connectivity index (χ4v) is 4.00. The van der Waals surface area contributed by atoms with E-state index in [1.165, 1.54) is 10.6 Å². The summed E-state index contributed by atoms with van der Waals surface area (Å²) < 4.78 is 53.9. The van der Waals surface area contributed by atoms with Crippen LogP contribution < -0.4 is 4.74 Å². The standard InChI is InChI=1S/C21H23F3N2O3/c1-19(2,3)29-18(27)25-12-10-20(11-13-25)16-8-9-17(21(22,23)24)26(16)14-6-4-5-7-15(14)28-20/h4-9H,10-13H2,1-3H3. The number of nitrogens with zero attached hydrogens (tertiary/aromatic N) is 2. The molecule has 1 fully saturated rings. The van der Waals surface area contributed by atoms with Gasteiger partial charge >= 0.3 is 12.3 Å².